The van der Waals surface area contributed by atoms with E-state index in [2.05, 4.69) is 20.6 Å². The summed E-state index contributed by atoms with van der Waals surface area (Å²) in [4.78, 5) is 19.9. The highest BCUT2D eigenvalue weighted by Crippen LogP contribution is 2.40. The predicted molar refractivity (Wildman–Crippen MR) is 95.7 cm³/mol. The van der Waals surface area contributed by atoms with Crippen molar-refractivity contribution in [1.82, 2.24) is 9.97 Å². The molecule has 0 unspecified atom stereocenters. The summed E-state index contributed by atoms with van der Waals surface area (Å²) < 4.78 is 5.06. The average Bonchev–Trinajstić information content (AvgIpc) is 3.39. The minimum Gasteiger partial charge on any atom is -0.496 e. The summed E-state index contributed by atoms with van der Waals surface area (Å²) in [7, 11) is 1.47. The van der Waals surface area contributed by atoms with Crippen LogP contribution < -0.4 is 15.4 Å². The zero-order chi connectivity index (χ0) is 18.0. The van der Waals surface area contributed by atoms with E-state index < -0.39 is 4.92 Å². The van der Waals surface area contributed by atoms with Gasteiger partial charge in [-0.2, -0.15) is 4.98 Å². The Bertz CT molecular complexity index is 790. The van der Waals surface area contributed by atoms with Gasteiger partial charge in [0, 0.05) is 18.0 Å². The maximum Gasteiger partial charge on any atom is 0.296 e. The van der Waals surface area contributed by atoms with Gasteiger partial charge in [0.25, 0.3) is 5.69 Å². The van der Waals surface area contributed by atoms with Crippen LogP contribution in [0.4, 0.5) is 23.1 Å². The monoisotopic (exact) mass is 343 g/mol. The van der Waals surface area contributed by atoms with Crippen LogP contribution in [0.15, 0.2) is 24.3 Å². The molecule has 8 heteroatoms. The van der Waals surface area contributed by atoms with Crippen molar-refractivity contribution in [3.05, 3.63) is 40.1 Å². The van der Waals surface area contributed by atoms with Crippen LogP contribution in [-0.2, 0) is 0 Å². The maximum atomic E-state index is 11.3. The third-order valence-corrected chi connectivity index (χ3v) is 3.82. The standard InChI is InChI=1S/C17H21N5O3/c1-10(2)18-17-20-14(11-4-5-11)9-16(21-17)19-13-7-6-12(25-3)8-15(13)22(23)24/h6-11H,4-5H2,1-3H3,(H2,18,19,20,21). The molecule has 0 amide bonds. The molecular formula is C17H21N5O3. The first-order valence-corrected chi connectivity index (χ1v) is 8.21. The smallest absolute Gasteiger partial charge is 0.296 e. The minimum atomic E-state index is -0.443. The van der Waals surface area contributed by atoms with E-state index in [0.29, 0.717) is 29.1 Å². The number of ether oxygens (including phenoxy) is 1. The number of rotatable bonds is 7. The summed E-state index contributed by atoms with van der Waals surface area (Å²) in [6.07, 6.45) is 2.22. The van der Waals surface area contributed by atoms with E-state index in [-0.39, 0.29) is 11.7 Å². The minimum absolute atomic E-state index is 0.0655. The lowest BCUT2D eigenvalue weighted by atomic mass is 10.2. The molecule has 1 aliphatic carbocycles. The first-order chi connectivity index (χ1) is 12.0. The number of anilines is 3. The Morgan fingerprint density at radius 2 is 2.04 bits per heavy atom. The number of aromatic nitrogens is 2. The second-order valence-electron chi connectivity index (χ2n) is 6.34. The number of nitrogens with zero attached hydrogens (tertiary/aromatic N) is 3. The molecule has 0 spiro atoms. The molecule has 1 heterocycles. The Morgan fingerprint density at radius 3 is 2.64 bits per heavy atom. The number of nitro groups is 1. The molecule has 2 N–H and O–H groups in total. The molecule has 1 fully saturated rings. The topological polar surface area (TPSA) is 102 Å². The van der Waals surface area contributed by atoms with Crippen LogP contribution in [0.2, 0.25) is 0 Å². The van der Waals surface area contributed by atoms with Crippen molar-refractivity contribution in [3.8, 4) is 5.75 Å². The largest absolute Gasteiger partial charge is 0.496 e. The van der Waals surface area contributed by atoms with E-state index in [1.165, 1.54) is 13.2 Å². The lowest BCUT2D eigenvalue weighted by Gasteiger charge is -2.13. The summed E-state index contributed by atoms with van der Waals surface area (Å²) >= 11 is 0. The van der Waals surface area contributed by atoms with Gasteiger partial charge < -0.3 is 15.4 Å². The highest BCUT2D eigenvalue weighted by Gasteiger charge is 2.26. The molecule has 132 valence electrons. The van der Waals surface area contributed by atoms with Crippen molar-refractivity contribution in [2.24, 2.45) is 0 Å². The van der Waals surface area contributed by atoms with Gasteiger partial charge in [-0.3, -0.25) is 10.1 Å². The number of nitrogens with one attached hydrogen (secondary N) is 2. The first-order valence-electron chi connectivity index (χ1n) is 8.21. The number of hydrogen-bond acceptors (Lipinski definition) is 7. The van der Waals surface area contributed by atoms with Crippen molar-refractivity contribution in [2.45, 2.75) is 38.6 Å². The SMILES string of the molecule is COc1ccc(Nc2cc(C3CC3)nc(NC(C)C)n2)c([N+](=O)[O-])c1. The highest BCUT2D eigenvalue weighted by atomic mass is 16.6. The maximum absolute atomic E-state index is 11.3. The molecule has 2 aromatic rings. The summed E-state index contributed by atoms with van der Waals surface area (Å²) in [5.74, 6) is 1.94. The fourth-order valence-electron chi connectivity index (χ4n) is 2.47. The van der Waals surface area contributed by atoms with Crippen molar-refractivity contribution < 1.29 is 9.66 Å². The van der Waals surface area contributed by atoms with Gasteiger partial charge in [-0.05, 0) is 38.8 Å². The van der Waals surface area contributed by atoms with Gasteiger partial charge in [0.2, 0.25) is 5.95 Å². The molecule has 1 aromatic carbocycles. The van der Waals surface area contributed by atoms with Gasteiger partial charge in [-0.25, -0.2) is 4.98 Å². The molecule has 0 bridgehead atoms. The first kappa shape index (κ1) is 16.9. The number of benzene rings is 1. The summed E-state index contributed by atoms with van der Waals surface area (Å²) in [6.45, 7) is 4.02. The zero-order valence-electron chi connectivity index (χ0n) is 14.4. The van der Waals surface area contributed by atoms with Gasteiger partial charge >= 0.3 is 0 Å². The van der Waals surface area contributed by atoms with Crippen LogP contribution in [0.3, 0.4) is 0 Å². The van der Waals surface area contributed by atoms with Crippen LogP contribution in [0.1, 0.15) is 38.3 Å². The molecule has 0 saturated heterocycles. The van der Waals surface area contributed by atoms with E-state index in [9.17, 15) is 10.1 Å². The van der Waals surface area contributed by atoms with Crippen LogP contribution >= 0.6 is 0 Å². The van der Waals surface area contributed by atoms with Crippen LogP contribution in [0.5, 0.6) is 5.75 Å². The lowest BCUT2D eigenvalue weighted by Crippen LogP contribution is -2.14. The van der Waals surface area contributed by atoms with Gasteiger partial charge in [0.05, 0.1) is 23.8 Å². The van der Waals surface area contributed by atoms with Crippen molar-refractivity contribution >= 4 is 23.1 Å². The highest BCUT2D eigenvalue weighted by molar-refractivity contribution is 5.70. The zero-order valence-corrected chi connectivity index (χ0v) is 14.4. The molecule has 0 atom stereocenters. The van der Waals surface area contributed by atoms with Gasteiger partial charge in [-0.1, -0.05) is 0 Å². The third-order valence-electron chi connectivity index (χ3n) is 3.82. The third kappa shape index (κ3) is 4.14. The van der Waals surface area contributed by atoms with E-state index in [1.807, 2.05) is 19.9 Å². The molecule has 0 radical (unpaired) electrons. The fraction of sp³-hybridized carbons (Fsp3) is 0.412. The Morgan fingerprint density at radius 1 is 1.28 bits per heavy atom. The average molecular weight is 343 g/mol. The molecule has 3 rings (SSSR count). The van der Waals surface area contributed by atoms with Crippen LogP contribution in [0.25, 0.3) is 0 Å². The number of methoxy groups -OCH3 is 1. The van der Waals surface area contributed by atoms with E-state index in [1.54, 1.807) is 12.1 Å². The summed E-state index contributed by atoms with van der Waals surface area (Å²) in [6, 6.07) is 6.73. The summed E-state index contributed by atoms with van der Waals surface area (Å²) in [5, 5.41) is 17.6. The van der Waals surface area contributed by atoms with Crippen molar-refractivity contribution in [2.75, 3.05) is 17.7 Å². The van der Waals surface area contributed by atoms with Gasteiger partial charge in [-0.15, -0.1) is 0 Å². The van der Waals surface area contributed by atoms with Crippen LogP contribution in [0, 0.1) is 10.1 Å². The second kappa shape index (κ2) is 6.92. The lowest BCUT2D eigenvalue weighted by molar-refractivity contribution is -0.384. The Hall–Kier alpha value is -2.90. The molecular weight excluding hydrogens is 322 g/mol. The van der Waals surface area contributed by atoms with Crippen molar-refractivity contribution in [3.63, 3.8) is 0 Å². The Kier molecular flexibility index (Phi) is 4.69. The Labute approximate surface area is 145 Å². The van der Waals surface area contributed by atoms with E-state index in [4.69, 9.17) is 4.74 Å². The van der Waals surface area contributed by atoms with Crippen LogP contribution in [-0.4, -0.2) is 28.0 Å². The number of hydrogen-bond donors (Lipinski definition) is 2. The number of nitro benzene ring substituents is 1. The van der Waals surface area contributed by atoms with E-state index >= 15 is 0 Å². The molecule has 8 nitrogen and oxygen atoms in total. The molecule has 0 aliphatic heterocycles. The molecule has 1 aromatic heterocycles. The predicted octanol–water partition coefficient (Wildman–Crippen LogP) is 3.83. The quantitative estimate of drug-likeness (QED) is 0.581. The van der Waals surface area contributed by atoms with E-state index in [0.717, 1.165) is 18.5 Å². The molecule has 1 saturated carbocycles. The van der Waals surface area contributed by atoms with Gasteiger partial charge in [0.1, 0.15) is 17.3 Å². The van der Waals surface area contributed by atoms with Gasteiger partial charge in [0.15, 0.2) is 0 Å². The molecule has 1 aliphatic rings. The molecule has 25 heavy (non-hydrogen) atoms. The Balaban J connectivity index is 1.94. The normalized spacial score (nSPS) is 13.6. The summed E-state index contributed by atoms with van der Waals surface area (Å²) in [5.41, 5.74) is 1.25. The second-order valence-corrected chi connectivity index (χ2v) is 6.34. The van der Waals surface area contributed by atoms with Crippen molar-refractivity contribution in [1.29, 1.82) is 0 Å². The fourth-order valence-corrected chi connectivity index (χ4v) is 2.47.